The lowest BCUT2D eigenvalue weighted by Crippen LogP contribution is -2.47. The largest absolute Gasteiger partial charge is 0.383 e. The monoisotopic (exact) mass is 282 g/mol. The molecule has 0 aliphatic rings. The first-order valence-corrected chi connectivity index (χ1v) is 6.56. The van der Waals surface area contributed by atoms with Crippen molar-refractivity contribution in [2.24, 2.45) is 11.1 Å². The van der Waals surface area contributed by atoms with Crippen molar-refractivity contribution >= 4 is 5.91 Å². The lowest BCUT2D eigenvalue weighted by Gasteiger charge is -2.32. The Morgan fingerprint density at radius 2 is 1.90 bits per heavy atom. The quantitative estimate of drug-likeness (QED) is 0.868. The zero-order valence-electron chi connectivity index (χ0n) is 12.4. The van der Waals surface area contributed by atoms with Gasteiger partial charge in [-0.3, -0.25) is 4.79 Å². The molecule has 4 nitrogen and oxygen atoms in total. The molecular weight excluding hydrogens is 259 g/mol. The van der Waals surface area contributed by atoms with E-state index in [0.717, 1.165) is 5.56 Å². The van der Waals surface area contributed by atoms with Gasteiger partial charge in [0.1, 0.15) is 11.9 Å². The highest BCUT2D eigenvalue weighted by atomic mass is 19.1. The van der Waals surface area contributed by atoms with Crippen molar-refractivity contribution in [1.82, 2.24) is 5.32 Å². The zero-order chi connectivity index (χ0) is 15.3. The Hall–Kier alpha value is -1.46. The third-order valence-electron chi connectivity index (χ3n) is 3.04. The number of hydrogen-bond acceptors (Lipinski definition) is 3. The van der Waals surface area contributed by atoms with Crippen LogP contribution in [0.4, 0.5) is 4.39 Å². The number of carbonyl (C=O) groups excluding carboxylic acids is 1. The molecule has 0 saturated heterocycles. The highest BCUT2D eigenvalue weighted by molar-refractivity contribution is 5.82. The van der Waals surface area contributed by atoms with Crippen LogP contribution in [0.15, 0.2) is 24.3 Å². The van der Waals surface area contributed by atoms with Gasteiger partial charge in [-0.2, -0.15) is 0 Å². The number of ether oxygens (including phenoxy) is 1. The molecule has 0 saturated carbocycles. The van der Waals surface area contributed by atoms with Crippen LogP contribution in [0.3, 0.4) is 0 Å². The molecule has 0 aliphatic carbocycles. The van der Waals surface area contributed by atoms with Gasteiger partial charge in [0, 0.05) is 7.11 Å². The Kier molecular flexibility index (Phi) is 5.65. The molecule has 3 N–H and O–H groups in total. The van der Waals surface area contributed by atoms with E-state index in [1.165, 1.54) is 19.2 Å². The van der Waals surface area contributed by atoms with E-state index in [0.29, 0.717) is 0 Å². The predicted octanol–water partition coefficient (Wildman–Crippen LogP) is 2.00. The van der Waals surface area contributed by atoms with E-state index < -0.39 is 6.04 Å². The normalized spacial score (nSPS) is 14.7. The van der Waals surface area contributed by atoms with E-state index in [1.54, 1.807) is 12.1 Å². The van der Waals surface area contributed by atoms with Crippen molar-refractivity contribution < 1.29 is 13.9 Å². The van der Waals surface area contributed by atoms with Crippen molar-refractivity contribution in [3.63, 3.8) is 0 Å². The van der Waals surface area contributed by atoms with Crippen molar-refractivity contribution in [2.75, 3.05) is 13.7 Å². The molecule has 0 radical (unpaired) electrons. The highest BCUT2D eigenvalue weighted by Crippen LogP contribution is 2.32. The van der Waals surface area contributed by atoms with Crippen molar-refractivity contribution in [1.29, 1.82) is 0 Å². The van der Waals surface area contributed by atoms with Crippen LogP contribution >= 0.6 is 0 Å². The van der Waals surface area contributed by atoms with Gasteiger partial charge in [-0.15, -0.1) is 0 Å². The second kappa shape index (κ2) is 6.81. The molecule has 1 aromatic carbocycles. The minimum absolute atomic E-state index is 0.159. The molecular formula is C15H23FN2O2. The molecule has 112 valence electrons. The second-order valence-electron chi connectivity index (χ2n) is 5.92. The Bertz CT molecular complexity index is 440. The van der Waals surface area contributed by atoms with E-state index in [2.05, 4.69) is 5.32 Å². The average molecular weight is 282 g/mol. The maximum absolute atomic E-state index is 13.0. The molecule has 2 unspecified atom stereocenters. The van der Waals surface area contributed by atoms with E-state index in [-0.39, 0.29) is 29.8 Å². The first kappa shape index (κ1) is 16.6. The molecule has 0 bridgehead atoms. The van der Waals surface area contributed by atoms with Gasteiger partial charge in [0.2, 0.25) is 5.91 Å². The number of methoxy groups -OCH3 is 1. The van der Waals surface area contributed by atoms with Crippen LogP contribution in [0, 0.1) is 11.2 Å². The van der Waals surface area contributed by atoms with Gasteiger partial charge in [-0.05, 0) is 23.1 Å². The average Bonchev–Trinajstić information content (AvgIpc) is 2.36. The van der Waals surface area contributed by atoms with Crippen LogP contribution < -0.4 is 11.1 Å². The number of amides is 1. The van der Waals surface area contributed by atoms with Crippen molar-refractivity contribution in [2.45, 2.75) is 32.9 Å². The molecule has 1 aromatic rings. The van der Waals surface area contributed by atoms with Crippen LogP contribution in [0.2, 0.25) is 0 Å². The summed E-state index contributed by atoms with van der Waals surface area (Å²) in [5.74, 6) is -0.583. The van der Waals surface area contributed by atoms with Gasteiger partial charge in [-0.1, -0.05) is 32.9 Å². The molecule has 0 fully saturated rings. The summed E-state index contributed by atoms with van der Waals surface area (Å²) in [7, 11) is 1.49. The minimum Gasteiger partial charge on any atom is -0.383 e. The van der Waals surface area contributed by atoms with Gasteiger partial charge in [0.05, 0.1) is 12.6 Å². The number of rotatable bonds is 5. The third-order valence-corrected chi connectivity index (χ3v) is 3.04. The summed E-state index contributed by atoms with van der Waals surface area (Å²) in [4.78, 5) is 12.0. The van der Waals surface area contributed by atoms with Crippen molar-refractivity contribution in [3.8, 4) is 0 Å². The summed E-state index contributed by atoms with van der Waals surface area (Å²) in [6.45, 7) is 6.17. The molecule has 2 atom stereocenters. The van der Waals surface area contributed by atoms with Crippen LogP contribution in [0.25, 0.3) is 0 Å². The lowest BCUT2D eigenvalue weighted by atomic mass is 9.82. The van der Waals surface area contributed by atoms with Crippen LogP contribution in [-0.2, 0) is 9.53 Å². The molecule has 0 aromatic heterocycles. The number of hydrogen-bond donors (Lipinski definition) is 2. The Labute approximate surface area is 119 Å². The molecule has 1 amide bonds. The zero-order valence-corrected chi connectivity index (χ0v) is 12.4. The molecule has 0 heterocycles. The molecule has 20 heavy (non-hydrogen) atoms. The summed E-state index contributed by atoms with van der Waals surface area (Å²) in [6, 6.07) is 5.15. The van der Waals surface area contributed by atoms with Gasteiger partial charge >= 0.3 is 0 Å². The topological polar surface area (TPSA) is 64.3 Å². The van der Waals surface area contributed by atoms with Gasteiger partial charge in [0.25, 0.3) is 0 Å². The Morgan fingerprint density at radius 1 is 1.35 bits per heavy atom. The highest BCUT2D eigenvalue weighted by Gasteiger charge is 2.29. The summed E-state index contributed by atoms with van der Waals surface area (Å²) in [5.41, 5.74) is 6.35. The fraction of sp³-hybridized carbons (Fsp3) is 0.533. The summed E-state index contributed by atoms with van der Waals surface area (Å²) in [6.07, 6.45) is 0. The molecule has 5 heteroatoms. The summed E-state index contributed by atoms with van der Waals surface area (Å²) in [5, 5.41) is 2.91. The third kappa shape index (κ3) is 4.58. The number of halogens is 1. The second-order valence-corrected chi connectivity index (χ2v) is 5.92. The van der Waals surface area contributed by atoms with E-state index in [1.807, 2.05) is 20.8 Å². The number of carbonyl (C=O) groups is 1. The summed E-state index contributed by atoms with van der Waals surface area (Å²) >= 11 is 0. The van der Waals surface area contributed by atoms with Crippen LogP contribution in [0.5, 0.6) is 0 Å². The first-order chi connectivity index (χ1) is 9.25. The fourth-order valence-electron chi connectivity index (χ4n) is 1.96. The van der Waals surface area contributed by atoms with Gasteiger partial charge in [0.15, 0.2) is 0 Å². The smallest absolute Gasteiger partial charge is 0.239 e. The molecule has 0 spiro atoms. The number of nitrogens with one attached hydrogen (secondary N) is 1. The van der Waals surface area contributed by atoms with Gasteiger partial charge in [-0.25, -0.2) is 4.39 Å². The number of benzene rings is 1. The van der Waals surface area contributed by atoms with E-state index in [9.17, 15) is 9.18 Å². The standard InChI is InChI=1S/C15H23FN2O2/c1-15(2,3)13(10-5-7-11(16)8-6-10)18-14(19)12(17)9-20-4/h5-8,12-13H,9,17H2,1-4H3,(H,18,19). The predicted molar refractivity (Wildman–Crippen MR) is 76.6 cm³/mol. The van der Waals surface area contributed by atoms with E-state index >= 15 is 0 Å². The summed E-state index contributed by atoms with van der Waals surface area (Å²) < 4.78 is 17.9. The van der Waals surface area contributed by atoms with Crippen molar-refractivity contribution in [3.05, 3.63) is 35.6 Å². The van der Waals surface area contributed by atoms with Crippen LogP contribution in [-0.4, -0.2) is 25.7 Å². The SMILES string of the molecule is COCC(N)C(=O)NC(c1ccc(F)cc1)C(C)(C)C. The maximum atomic E-state index is 13.0. The Morgan fingerprint density at radius 3 is 2.35 bits per heavy atom. The molecule has 1 rings (SSSR count). The number of nitrogens with two attached hydrogens (primary N) is 1. The first-order valence-electron chi connectivity index (χ1n) is 6.56. The van der Waals surface area contributed by atoms with Gasteiger partial charge < -0.3 is 15.8 Å². The minimum atomic E-state index is -0.717. The Balaban J connectivity index is 2.91. The van der Waals surface area contributed by atoms with E-state index in [4.69, 9.17) is 10.5 Å². The lowest BCUT2D eigenvalue weighted by molar-refractivity contribution is -0.125. The van der Waals surface area contributed by atoms with Crippen LogP contribution in [0.1, 0.15) is 32.4 Å². The molecule has 0 aliphatic heterocycles. The fourth-order valence-corrected chi connectivity index (χ4v) is 1.96. The maximum Gasteiger partial charge on any atom is 0.239 e.